The smallest absolute Gasteiger partial charge is 0.253 e. The zero-order chi connectivity index (χ0) is 23.4. The number of nitrogens with one attached hydrogen (secondary N) is 2. The zero-order valence-electron chi connectivity index (χ0n) is 17.9. The van der Waals surface area contributed by atoms with Crippen molar-refractivity contribution in [1.82, 2.24) is 10.6 Å². The summed E-state index contributed by atoms with van der Waals surface area (Å²) in [7, 11) is 0. The third kappa shape index (κ3) is 4.23. The van der Waals surface area contributed by atoms with Crippen molar-refractivity contribution in [2.75, 3.05) is 0 Å². The number of amides is 2. The molecule has 33 heavy (non-hydrogen) atoms. The Hall–Kier alpha value is -4.32. The van der Waals surface area contributed by atoms with Gasteiger partial charge in [0, 0.05) is 11.1 Å². The minimum Gasteiger partial charge on any atom is -0.326 e. The molecule has 2 amide bonds. The van der Waals surface area contributed by atoms with E-state index in [2.05, 4.69) is 10.6 Å². The summed E-state index contributed by atoms with van der Waals surface area (Å²) in [6.07, 6.45) is 1.91. The molecule has 0 spiro atoms. The van der Waals surface area contributed by atoms with Crippen molar-refractivity contribution >= 4 is 45.9 Å². The molecular weight excluding hydrogens is 416 g/mol. The van der Waals surface area contributed by atoms with Crippen molar-refractivity contribution in [3.63, 3.8) is 0 Å². The van der Waals surface area contributed by atoms with Gasteiger partial charge in [-0.2, -0.15) is 0 Å². The molecular formula is C27H21N2O4. The van der Waals surface area contributed by atoms with Crippen molar-refractivity contribution in [3.8, 4) is 0 Å². The first kappa shape index (κ1) is 21.9. The van der Waals surface area contributed by atoms with Gasteiger partial charge in [0.1, 0.15) is 0 Å². The summed E-state index contributed by atoms with van der Waals surface area (Å²) in [6.45, 7) is 1.78. The molecule has 6 nitrogen and oxygen atoms in total. The fraction of sp³-hybridized carbons (Fsp3) is 0.0741. The van der Waals surface area contributed by atoms with Gasteiger partial charge in [-0.25, -0.2) is 0 Å². The highest BCUT2D eigenvalue weighted by molar-refractivity contribution is 6.11. The number of benzene rings is 4. The van der Waals surface area contributed by atoms with E-state index in [0.29, 0.717) is 29.8 Å². The number of aldehydes is 2. The fourth-order valence-electron chi connectivity index (χ4n) is 3.86. The molecule has 163 valence electrons. The molecule has 1 radical (unpaired) electrons. The van der Waals surface area contributed by atoms with Crippen LogP contribution in [-0.2, 0) is 0 Å². The summed E-state index contributed by atoms with van der Waals surface area (Å²) < 4.78 is 0. The summed E-state index contributed by atoms with van der Waals surface area (Å²) in [5.74, 6) is -1.01. The second kappa shape index (κ2) is 9.44. The van der Waals surface area contributed by atoms with Crippen molar-refractivity contribution in [1.29, 1.82) is 0 Å². The van der Waals surface area contributed by atoms with E-state index in [1.165, 1.54) is 0 Å². The molecule has 0 unspecified atom stereocenters. The second-order valence-corrected chi connectivity index (χ2v) is 7.47. The van der Waals surface area contributed by atoms with Crippen LogP contribution >= 0.6 is 0 Å². The molecule has 0 atom stereocenters. The summed E-state index contributed by atoms with van der Waals surface area (Å²) >= 11 is 0. The van der Waals surface area contributed by atoms with Crippen LogP contribution in [-0.4, -0.2) is 24.4 Å². The van der Waals surface area contributed by atoms with Gasteiger partial charge in [-0.05, 0) is 40.1 Å². The van der Waals surface area contributed by atoms with Crippen LogP contribution in [0.2, 0.25) is 0 Å². The molecule has 2 N–H and O–H groups in total. The number of hydrogen-bond donors (Lipinski definition) is 2. The maximum atomic E-state index is 13.0. The Morgan fingerprint density at radius 2 is 1.09 bits per heavy atom. The average Bonchev–Trinajstić information content (AvgIpc) is 2.86. The minimum absolute atomic E-state index is 0.211. The summed E-state index contributed by atoms with van der Waals surface area (Å²) in [5, 5.41) is 8.44. The van der Waals surface area contributed by atoms with Gasteiger partial charge in [-0.1, -0.05) is 67.6 Å². The van der Waals surface area contributed by atoms with E-state index in [-0.39, 0.29) is 28.4 Å². The van der Waals surface area contributed by atoms with Gasteiger partial charge in [0.15, 0.2) is 18.7 Å². The standard InChI is InChI=1S/C27H21N2O4/c1-2-25(28-26(32)21-13-11-17-7-3-5-9-19(17)23(21)15-30)29-27(33)22-14-12-18-8-4-6-10-20(18)24(22)16-31/h3-16H,2H2,1H3,(H,28,32)(H,29,33). The Balaban J connectivity index is 1.58. The van der Waals surface area contributed by atoms with Gasteiger partial charge >= 0.3 is 0 Å². The number of hydrogen-bond acceptors (Lipinski definition) is 4. The minimum atomic E-state index is -0.505. The first-order chi connectivity index (χ1) is 16.1. The average molecular weight is 437 g/mol. The number of carbonyl (C=O) groups is 4. The van der Waals surface area contributed by atoms with E-state index in [1.54, 1.807) is 55.5 Å². The maximum absolute atomic E-state index is 13.0. The lowest BCUT2D eigenvalue weighted by atomic mass is 9.99. The van der Waals surface area contributed by atoms with Crippen molar-refractivity contribution < 1.29 is 19.2 Å². The van der Waals surface area contributed by atoms with Gasteiger partial charge in [-0.3, -0.25) is 19.2 Å². The molecule has 0 aliphatic rings. The lowest BCUT2D eigenvalue weighted by Gasteiger charge is -2.19. The van der Waals surface area contributed by atoms with Crippen LogP contribution in [0.3, 0.4) is 0 Å². The first-order valence-corrected chi connectivity index (χ1v) is 10.5. The molecule has 4 aromatic rings. The number of rotatable bonds is 7. The van der Waals surface area contributed by atoms with Crippen molar-refractivity contribution in [2.24, 2.45) is 0 Å². The molecule has 6 heteroatoms. The Kier molecular flexibility index (Phi) is 6.26. The molecule has 0 aromatic heterocycles. The second-order valence-electron chi connectivity index (χ2n) is 7.47. The van der Waals surface area contributed by atoms with Crippen LogP contribution in [0.25, 0.3) is 21.5 Å². The van der Waals surface area contributed by atoms with Crippen LogP contribution in [0.15, 0.2) is 72.8 Å². The van der Waals surface area contributed by atoms with E-state index >= 15 is 0 Å². The van der Waals surface area contributed by atoms with Crippen LogP contribution < -0.4 is 10.6 Å². The zero-order valence-corrected chi connectivity index (χ0v) is 17.9. The van der Waals surface area contributed by atoms with E-state index in [4.69, 9.17) is 0 Å². The SMILES string of the molecule is CC[C](NC(=O)c1ccc2ccccc2c1C=O)NC(=O)c1ccc2ccccc2c1C=O. The molecule has 4 aromatic carbocycles. The highest BCUT2D eigenvalue weighted by Crippen LogP contribution is 2.23. The quantitative estimate of drug-likeness (QED) is 0.411. The van der Waals surface area contributed by atoms with Gasteiger partial charge in [0.05, 0.1) is 11.1 Å². The third-order valence-electron chi connectivity index (χ3n) is 5.55. The van der Waals surface area contributed by atoms with E-state index in [1.807, 2.05) is 24.3 Å². The van der Waals surface area contributed by atoms with Gasteiger partial charge in [-0.15, -0.1) is 0 Å². The summed E-state index contributed by atoms with van der Waals surface area (Å²) in [5.41, 5.74) is 0.988. The Bertz CT molecular complexity index is 1290. The highest BCUT2D eigenvalue weighted by atomic mass is 16.2. The molecule has 0 fully saturated rings. The molecule has 0 heterocycles. The van der Waals surface area contributed by atoms with Gasteiger partial charge < -0.3 is 10.6 Å². The Labute approximate surface area is 190 Å². The summed E-state index contributed by atoms with van der Waals surface area (Å²) in [6, 6.07) is 21.3. The van der Waals surface area contributed by atoms with Gasteiger partial charge in [0.2, 0.25) is 0 Å². The predicted molar refractivity (Wildman–Crippen MR) is 127 cm³/mol. The first-order valence-electron chi connectivity index (χ1n) is 10.5. The van der Waals surface area contributed by atoms with E-state index < -0.39 is 11.8 Å². The molecule has 4 rings (SSSR count). The lowest BCUT2D eigenvalue weighted by Crippen LogP contribution is -2.41. The Morgan fingerprint density at radius 1 is 0.667 bits per heavy atom. The highest BCUT2D eigenvalue weighted by Gasteiger charge is 2.21. The van der Waals surface area contributed by atoms with Crippen LogP contribution in [0.5, 0.6) is 0 Å². The third-order valence-corrected chi connectivity index (χ3v) is 5.55. The van der Waals surface area contributed by atoms with Crippen LogP contribution in [0.4, 0.5) is 0 Å². The molecule has 0 saturated carbocycles. The predicted octanol–water partition coefficient (Wildman–Crippen LogP) is 4.68. The number of fused-ring (bicyclic) bond motifs is 2. The Morgan fingerprint density at radius 3 is 1.48 bits per heavy atom. The lowest BCUT2D eigenvalue weighted by molar-refractivity contribution is 0.0913. The van der Waals surface area contributed by atoms with Crippen molar-refractivity contribution in [2.45, 2.75) is 13.3 Å². The van der Waals surface area contributed by atoms with Gasteiger partial charge in [0.25, 0.3) is 11.8 Å². The van der Waals surface area contributed by atoms with Crippen molar-refractivity contribution in [3.05, 3.63) is 101 Å². The monoisotopic (exact) mass is 437 g/mol. The molecule has 0 aliphatic heterocycles. The largest absolute Gasteiger partial charge is 0.326 e. The molecule has 0 aliphatic carbocycles. The number of carbonyl (C=O) groups excluding carboxylic acids is 4. The molecule has 0 bridgehead atoms. The fourth-order valence-corrected chi connectivity index (χ4v) is 3.86. The maximum Gasteiger partial charge on any atom is 0.253 e. The molecule has 0 saturated heterocycles. The normalized spacial score (nSPS) is 10.8. The summed E-state index contributed by atoms with van der Waals surface area (Å²) in [4.78, 5) is 49.4. The van der Waals surface area contributed by atoms with E-state index in [9.17, 15) is 19.2 Å². The van der Waals surface area contributed by atoms with Crippen LogP contribution in [0.1, 0.15) is 54.8 Å². The van der Waals surface area contributed by atoms with E-state index in [0.717, 1.165) is 10.8 Å². The topological polar surface area (TPSA) is 92.3 Å². The van der Waals surface area contributed by atoms with Crippen LogP contribution in [0, 0.1) is 6.17 Å².